The maximum Gasteiger partial charge on any atom is 0.256 e. The van der Waals surface area contributed by atoms with Crippen LogP contribution in [0.2, 0.25) is 0 Å². The topological polar surface area (TPSA) is 73.1 Å². The molecule has 0 aliphatic carbocycles. The first-order valence-corrected chi connectivity index (χ1v) is 5.82. The molecule has 2 rings (SSSR count). The molecule has 100 valence electrons. The molecule has 0 fully saturated rings. The van der Waals surface area contributed by atoms with Gasteiger partial charge in [-0.05, 0) is 48.9 Å². The van der Waals surface area contributed by atoms with Gasteiger partial charge in [-0.1, -0.05) is 0 Å². The summed E-state index contributed by atoms with van der Waals surface area (Å²) < 4.78 is 13.7. The second-order valence-corrected chi connectivity index (χ2v) is 4.26. The van der Waals surface area contributed by atoms with Gasteiger partial charge in [0.25, 0.3) is 5.91 Å². The number of aromatic hydroxyl groups is 1. The van der Waals surface area contributed by atoms with E-state index in [1.807, 2.05) is 6.07 Å². The molecule has 1 amide bonds. The highest BCUT2D eigenvalue weighted by Crippen LogP contribution is 2.19. The van der Waals surface area contributed by atoms with E-state index in [4.69, 9.17) is 5.26 Å². The smallest absolute Gasteiger partial charge is 0.256 e. The third-order valence-electron chi connectivity index (χ3n) is 2.80. The van der Waals surface area contributed by atoms with E-state index in [0.29, 0.717) is 11.1 Å². The molecule has 0 atom stereocenters. The lowest BCUT2D eigenvalue weighted by Crippen LogP contribution is -2.14. The minimum Gasteiger partial charge on any atom is -0.508 e. The first-order chi connectivity index (χ1) is 9.51. The molecular weight excluding hydrogens is 259 g/mol. The van der Waals surface area contributed by atoms with Crippen LogP contribution in [0.25, 0.3) is 0 Å². The third kappa shape index (κ3) is 2.75. The fourth-order valence-corrected chi connectivity index (χ4v) is 1.78. The van der Waals surface area contributed by atoms with Gasteiger partial charge in [0.15, 0.2) is 0 Å². The van der Waals surface area contributed by atoms with Crippen LogP contribution in [0.4, 0.5) is 10.1 Å². The van der Waals surface area contributed by atoms with Gasteiger partial charge in [0.05, 0.1) is 17.3 Å². The molecule has 4 nitrogen and oxygen atoms in total. The fraction of sp³-hybridized carbons (Fsp3) is 0.0667. The molecule has 0 spiro atoms. The molecule has 0 bridgehead atoms. The molecule has 0 unspecified atom stereocenters. The molecule has 0 aliphatic rings. The molecule has 2 aromatic carbocycles. The Labute approximate surface area is 115 Å². The largest absolute Gasteiger partial charge is 0.508 e. The van der Waals surface area contributed by atoms with Crippen LogP contribution >= 0.6 is 0 Å². The first kappa shape index (κ1) is 13.6. The Kier molecular flexibility index (Phi) is 3.67. The zero-order chi connectivity index (χ0) is 14.7. The van der Waals surface area contributed by atoms with E-state index in [1.165, 1.54) is 30.3 Å². The van der Waals surface area contributed by atoms with Crippen LogP contribution in [0.15, 0.2) is 36.4 Å². The number of phenolic OH excluding ortho intramolecular Hbond substituents is 1. The van der Waals surface area contributed by atoms with E-state index >= 15 is 0 Å². The number of anilines is 1. The number of nitriles is 1. The summed E-state index contributed by atoms with van der Waals surface area (Å²) in [6.07, 6.45) is 0. The molecule has 0 heterocycles. The highest BCUT2D eigenvalue weighted by Gasteiger charge is 2.12. The lowest BCUT2D eigenvalue weighted by Gasteiger charge is -2.09. The van der Waals surface area contributed by atoms with Crippen molar-refractivity contribution >= 4 is 11.6 Å². The van der Waals surface area contributed by atoms with Crippen LogP contribution in [-0.4, -0.2) is 11.0 Å². The first-order valence-electron chi connectivity index (χ1n) is 5.82. The number of hydrogen-bond acceptors (Lipinski definition) is 3. The maximum absolute atomic E-state index is 13.7. The van der Waals surface area contributed by atoms with E-state index < -0.39 is 11.7 Å². The molecule has 20 heavy (non-hydrogen) atoms. The summed E-state index contributed by atoms with van der Waals surface area (Å²) in [7, 11) is 0. The van der Waals surface area contributed by atoms with E-state index in [0.717, 1.165) is 6.07 Å². The van der Waals surface area contributed by atoms with Crippen LogP contribution in [0, 0.1) is 24.1 Å². The van der Waals surface area contributed by atoms with Crippen LogP contribution in [0.1, 0.15) is 21.5 Å². The molecule has 2 aromatic rings. The summed E-state index contributed by atoms with van der Waals surface area (Å²) in [5.74, 6) is -1.09. The normalized spacial score (nSPS) is 9.85. The number of benzene rings is 2. The van der Waals surface area contributed by atoms with Crippen LogP contribution in [0.5, 0.6) is 5.75 Å². The lowest BCUT2D eigenvalue weighted by atomic mass is 10.1. The van der Waals surface area contributed by atoms with Crippen molar-refractivity contribution in [3.63, 3.8) is 0 Å². The molecule has 0 aromatic heterocycles. The molecule has 0 radical (unpaired) electrons. The number of amides is 1. The van der Waals surface area contributed by atoms with Crippen molar-refractivity contribution in [2.75, 3.05) is 5.32 Å². The molecule has 0 aliphatic heterocycles. The molecular formula is C15H11FN2O2. The second-order valence-electron chi connectivity index (χ2n) is 4.26. The minimum absolute atomic E-state index is 0.00137. The molecule has 5 heteroatoms. The number of rotatable bonds is 2. The second kappa shape index (κ2) is 5.41. The average molecular weight is 270 g/mol. The standard InChI is InChI=1S/C15H11FN2O2/c1-9-6-11(19)3-4-12(9)15(20)18-14-5-2-10(8-17)7-13(14)16/h2-7,19H,1H3,(H,18,20). The fourth-order valence-electron chi connectivity index (χ4n) is 1.78. The zero-order valence-corrected chi connectivity index (χ0v) is 10.6. The summed E-state index contributed by atoms with van der Waals surface area (Å²) >= 11 is 0. The van der Waals surface area contributed by atoms with Crippen molar-refractivity contribution < 1.29 is 14.3 Å². The number of carbonyl (C=O) groups excluding carboxylic acids is 1. The average Bonchev–Trinajstić information content (AvgIpc) is 2.40. The number of aryl methyl sites for hydroxylation is 1. The van der Waals surface area contributed by atoms with Gasteiger partial charge in [-0.3, -0.25) is 4.79 Å². The Balaban J connectivity index is 2.26. The van der Waals surface area contributed by atoms with Gasteiger partial charge in [0.2, 0.25) is 0 Å². The number of nitrogens with one attached hydrogen (secondary N) is 1. The SMILES string of the molecule is Cc1cc(O)ccc1C(=O)Nc1ccc(C#N)cc1F. The van der Waals surface area contributed by atoms with E-state index in [1.54, 1.807) is 6.92 Å². The monoisotopic (exact) mass is 270 g/mol. The summed E-state index contributed by atoms with van der Waals surface area (Å²) in [5, 5.41) is 20.4. The van der Waals surface area contributed by atoms with Crippen LogP contribution in [0.3, 0.4) is 0 Å². The van der Waals surface area contributed by atoms with Crippen molar-refractivity contribution in [1.29, 1.82) is 5.26 Å². The number of halogens is 1. The van der Waals surface area contributed by atoms with Crippen LogP contribution < -0.4 is 5.32 Å². The Hall–Kier alpha value is -2.87. The van der Waals surface area contributed by atoms with Crippen molar-refractivity contribution in [3.05, 3.63) is 58.9 Å². The number of phenols is 1. The van der Waals surface area contributed by atoms with Gasteiger partial charge in [0, 0.05) is 5.56 Å². The van der Waals surface area contributed by atoms with Gasteiger partial charge in [-0.25, -0.2) is 4.39 Å². The lowest BCUT2D eigenvalue weighted by molar-refractivity contribution is 0.102. The highest BCUT2D eigenvalue weighted by atomic mass is 19.1. The van der Waals surface area contributed by atoms with E-state index in [-0.39, 0.29) is 17.0 Å². The van der Waals surface area contributed by atoms with Crippen molar-refractivity contribution in [2.45, 2.75) is 6.92 Å². The number of nitrogens with zero attached hydrogens (tertiary/aromatic N) is 1. The molecule has 2 N–H and O–H groups in total. The van der Waals surface area contributed by atoms with E-state index in [2.05, 4.69) is 5.32 Å². The van der Waals surface area contributed by atoms with Gasteiger partial charge >= 0.3 is 0 Å². The number of hydrogen-bond donors (Lipinski definition) is 2. The Morgan fingerprint density at radius 1 is 1.30 bits per heavy atom. The predicted octanol–water partition coefficient (Wildman–Crippen LogP) is 2.96. The Morgan fingerprint density at radius 2 is 2.05 bits per heavy atom. The van der Waals surface area contributed by atoms with Crippen molar-refractivity contribution in [2.24, 2.45) is 0 Å². The third-order valence-corrected chi connectivity index (χ3v) is 2.80. The summed E-state index contributed by atoms with van der Waals surface area (Å²) in [4.78, 5) is 12.0. The molecule has 0 saturated carbocycles. The summed E-state index contributed by atoms with van der Waals surface area (Å²) in [6, 6.07) is 9.92. The molecule has 0 saturated heterocycles. The van der Waals surface area contributed by atoms with Gasteiger partial charge < -0.3 is 10.4 Å². The maximum atomic E-state index is 13.7. The summed E-state index contributed by atoms with van der Waals surface area (Å²) in [5.41, 5.74) is 1.10. The van der Waals surface area contributed by atoms with Gasteiger partial charge in [0.1, 0.15) is 11.6 Å². The zero-order valence-electron chi connectivity index (χ0n) is 10.6. The van der Waals surface area contributed by atoms with Crippen molar-refractivity contribution in [3.8, 4) is 11.8 Å². The highest BCUT2D eigenvalue weighted by molar-refractivity contribution is 6.05. The van der Waals surface area contributed by atoms with Gasteiger partial charge in [-0.2, -0.15) is 5.26 Å². The van der Waals surface area contributed by atoms with E-state index in [9.17, 15) is 14.3 Å². The Morgan fingerprint density at radius 3 is 2.65 bits per heavy atom. The van der Waals surface area contributed by atoms with Gasteiger partial charge in [-0.15, -0.1) is 0 Å². The Bertz CT molecular complexity index is 720. The minimum atomic E-state index is -0.672. The summed E-state index contributed by atoms with van der Waals surface area (Å²) in [6.45, 7) is 1.67. The predicted molar refractivity (Wildman–Crippen MR) is 71.9 cm³/mol. The quantitative estimate of drug-likeness (QED) is 0.881. The van der Waals surface area contributed by atoms with Crippen LogP contribution in [-0.2, 0) is 0 Å². The van der Waals surface area contributed by atoms with Crippen molar-refractivity contribution in [1.82, 2.24) is 0 Å². The number of carbonyl (C=O) groups is 1.